The van der Waals surface area contributed by atoms with Gasteiger partial charge in [0.1, 0.15) is 10.3 Å². The summed E-state index contributed by atoms with van der Waals surface area (Å²) in [7, 11) is 0. The molecular weight excluding hydrogens is 384 g/mol. The molecule has 2 aliphatic carbocycles. The Bertz CT molecular complexity index is 748. The minimum atomic E-state index is -0.733. The van der Waals surface area contributed by atoms with E-state index in [0.717, 1.165) is 30.6 Å². The maximum atomic E-state index is 13.5. The van der Waals surface area contributed by atoms with Crippen molar-refractivity contribution >= 4 is 17.7 Å². The topological polar surface area (TPSA) is 44.8 Å². The molecule has 29 heavy (non-hydrogen) atoms. The molecule has 1 saturated heterocycles. The van der Waals surface area contributed by atoms with Gasteiger partial charge < -0.3 is 14.2 Å². The third-order valence-corrected chi connectivity index (χ3v) is 7.46. The predicted molar refractivity (Wildman–Crippen MR) is 115 cm³/mol. The molecule has 1 spiro atoms. The van der Waals surface area contributed by atoms with Crippen LogP contribution in [0.3, 0.4) is 0 Å². The lowest BCUT2D eigenvalue weighted by molar-refractivity contribution is -0.192. The minimum absolute atomic E-state index is 0.0798. The van der Waals surface area contributed by atoms with Crippen molar-refractivity contribution in [1.29, 1.82) is 0 Å². The number of benzene rings is 1. The van der Waals surface area contributed by atoms with E-state index in [4.69, 9.17) is 14.2 Å². The number of hydrogen-bond donors (Lipinski definition) is 0. The maximum Gasteiger partial charge on any atom is 0.324 e. The van der Waals surface area contributed by atoms with E-state index < -0.39 is 16.1 Å². The Labute approximate surface area is 178 Å². The number of rotatable bonds is 4. The van der Waals surface area contributed by atoms with Crippen molar-refractivity contribution in [2.75, 3.05) is 6.61 Å². The molecule has 3 atom stereocenters. The molecule has 4 nitrogen and oxygen atoms in total. The molecule has 5 heteroatoms. The lowest BCUT2D eigenvalue weighted by atomic mass is 9.89. The second-order valence-electron chi connectivity index (χ2n) is 9.40. The van der Waals surface area contributed by atoms with Gasteiger partial charge in [0, 0.05) is 23.7 Å². The van der Waals surface area contributed by atoms with Gasteiger partial charge in [-0.1, -0.05) is 36.8 Å². The van der Waals surface area contributed by atoms with Crippen LogP contribution in [0.4, 0.5) is 0 Å². The largest absolute Gasteiger partial charge is 0.459 e. The van der Waals surface area contributed by atoms with Gasteiger partial charge in [0.05, 0.1) is 12.7 Å². The molecule has 1 aromatic carbocycles. The maximum absolute atomic E-state index is 13.5. The van der Waals surface area contributed by atoms with Crippen molar-refractivity contribution in [3.63, 3.8) is 0 Å². The third-order valence-electron chi connectivity index (χ3n) is 5.98. The van der Waals surface area contributed by atoms with Crippen molar-refractivity contribution in [1.82, 2.24) is 0 Å². The molecule has 2 fully saturated rings. The first-order valence-corrected chi connectivity index (χ1v) is 11.6. The van der Waals surface area contributed by atoms with Crippen LogP contribution < -0.4 is 0 Å². The monoisotopic (exact) mass is 416 g/mol. The summed E-state index contributed by atoms with van der Waals surface area (Å²) in [4.78, 5) is 14.6. The number of thioether (sulfide) groups is 1. The van der Waals surface area contributed by atoms with Crippen LogP contribution >= 0.6 is 11.8 Å². The third kappa shape index (κ3) is 4.42. The zero-order valence-electron chi connectivity index (χ0n) is 17.7. The van der Waals surface area contributed by atoms with Gasteiger partial charge in [-0.05, 0) is 52.2 Å². The summed E-state index contributed by atoms with van der Waals surface area (Å²) in [6.45, 7) is 6.31. The molecular formula is C24H32O4S. The lowest BCUT2D eigenvalue weighted by Crippen LogP contribution is -2.49. The van der Waals surface area contributed by atoms with Crippen LogP contribution in [0.5, 0.6) is 0 Å². The minimum Gasteiger partial charge on any atom is -0.459 e. The van der Waals surface area contributed by atoms with Crippen LogP contribution in [0.15, 0.2) is 47.4 Å². The van der Waals surface area contributed by atoms with Gasteiger partial charge in [0.15, 0.2) is 5.79 Å². The molecule has 0 aromatic heterocycles. The van der Waals surface area contributed by atoms with Gasteiger partial charge in [-0.25, -0.2) is 0 Å². The fraction of sp³-hybridized carbons (Fsp3) is 0.625. The van der Waals surface area contributed by atoms with Crippen molar-refractivity contribution in [3.05, 3.63) is 42.5 Å². The number of allylic oxidation sites excluding steroid dienone is 1. The molecule has 4 rings (SSSR count). The molecule has 0 unspecified atom stereocenters. The summed E-state index contributed by atoms with van der Waals surface area (Å²) in [6.07, 6.45) is 10.2. The van der Waals surface area contributed by atoms with E-state index in [9.17, 15) is 4.79 Å². The first kappa shape index (κ1) is 21.0. The van der Waals surface area contributed by atoms with E-state index in [0.29, 0.717) is 13.0 Å². The lowest BCUT2D eigenvalue weighted by Gasteiger charge is -2.38. The van der Waals surface area contributed by atoms with E-state index in [1.165, 1.54) is 6.42 Å². The Morgan fingerprint density at radius 1 is 1.14 bits per heavy atom. The highest BCUT2D eigenvalue weighted by atomic mass is 32.2. The Morgan fingerprint density at radius 3 is 2.55 bits per heavy atom. The van der Waals surface area contributed by atoms with Gasteiger partial charge >= 0.3 is 5.97 Å². The number of esters is 1. The molecule has 1 heterocycles. The van der Waals surface area contributed by atoms with Crippen LogP contribution in [0.25, 0.3) is 0 Å². The Hall–Kier alpha value is -1.30. The van der Waals surface area contributed by atoms with Crippen LogP contribution in [0, 0.1) is 5.92 Å². The van der Waals surface area contributed by atoms with E-state index in [1.807, 2.05) is 39.0 Å². The standard InChI is InChI=1S/C24H32O4S/c1-22(2,3)28-21(25)24(29-18-11-6-4-7-12-18)16-10-13-19(24)20-17-26-23(27-20)14-8-5-9-15-23/h4,6-7,10-13,19-20H,5,8-9,14-17H2,1-3H3/t19-,20+,24+/m0/s1. The van der Waals surface area contributed by atoms with Crippen molar-refractivity contribution in [3.8, 4) is 0 Å². The molecule has 0 N–H and O–H groups in total. The average Bonchev–Trinajstić information content (AvgIpc) is 3.27. The van der Waals surface area contributed by atoms with E-state index >= 15 is 0 Å². The smallest absolute Gasteiger partial charge is 0.324 e. The normalized spacial score (nSPS) is 31.3. The number of ether oxygens (including phenoxy) is 3. The summed E-state index contributed by atoms with van der Waals surface area (Å²) in [5, 5.41) is 0. The first-order chi connectivity index (χ1) is 13.8. The highest BCUT2D eigenvalue weighted by Crippen LogP contribution is 2.51. The van der Waals surface area contributed by atoms with Crippen LogP contribution in [0.2, 0.25) is 0 Å². The van der Waals surface area contributed by atoms with E-state index in [-0.39, 0.29) is 18.0 Å². The fourth-order valence-electron chi connectivity index (χ4n) is 4.65. The summed E-state index contributed by atoms with van der Waals surface area (Å²) >= 11 is 1.60. The second kappa shape index (κ2) is 8.09. The SMILES string of the molecule is CC(C)(C)OC(=O)[C@@]1(Sc2ccccc2)CC=C[C@H]1[C@H]1COC2(CCCCC2)O1. The molecule has 158 valence electrons. The van der Waals surface area contributed by atoms with E-state index in [2.05, 4.69) is 24.3 Å². The Kier molecular flexibility index (Phi) is 5.84. The summed E-state index contributed by atoms with van der Waals surface area (Å²) in [5.74, 6) is -0.693. The molecule has 0 radical (unpaired) electrons. The number of hydrogen-bond acceptors (Lipinski definition) is 5. The zero-order chi connectivity index (χ0) is 20.5. The molecule has 0 bridgehead atoms. The molecule has 1 aromatic rings. The van der Waals surface area contributed by atoms with Crippen molar-refractivity contribution < 1.29 is 19.0 Å². The predicted octanol–water partition coefficient (Wildman–Crippen LogP) is 5.51. The average molecular weight is 417 g/mol. The molecule has 1 aliphatic heterocycles. The highest BCUT2D eigenvalue weighted by molar-refractivity contribution is 8.01. The number of carbonyl (C=O) groups is 1. The van der Waals surface area contributed by atoms with Gasteiger partial charge in [-0.2, -0.15) is 0 Å². The highest BCUT2D eigenvalue weighted by Gasteiger charge is 2.56. The van der Waals surface area contributed by atoms with Gasteiger partial charge in [-0.15, -0.1) is 11.8 Å². The van der Waals surface area contributed by atoms with Crippen LogP contribution in [-0.2, 0) is 19.0 Å². The summed E-state index contributed by atoms with van der Waals surface area (Å²) in [5.41, 5.74) is -0.536. The van der Waals surface area contributed by atoms with Gasteiger partial charge in [0.2, 0.25) is 0 Å². The van der Waals surface area contributed by atoms with Crippen molar-refractivity contribution in [2.45, 2.75) is 86.4 Å². The van der Waals surface area contributed by atoms with Crippen molar-refractivity contribution in [2.24, 2.45) is 5.92 Å². The van der Waals surface area contributed by atoms with E-state index in [1.54, 1.807) is 11.8 Å². The summed E-state index contributed by atoms with van der Waals surface area (Å²) < 4.78 is 18.0. The Morgan fingerprint density at radius 2 is 1.86 bits per heavy atom. The number of carbonyl (C=O) groups excluding carboxylic acids is 1. The summed E-state index contributed by atoms with van der Waals surface area (Å²) in [6, 6.07) is 10.1. The zero-order valence-corrected chi connectivity index (χ0v) is 18.5. The van der Waals surface area contributed by atoms with Gasteiger partial charge in [0.25, 0.3) is 0 Å². The molecule has 3 aliphatic rings. The molecule has 0 amide bonds. The van der Waals surface area contributed by atoms with Crippen LogP contribution in [0.1, 0.15) is 59.3 Å². The molecule has 1 saturated carbocycles. The quantitative estimate of drug-likeness (QED) is 0.478. The fourth-order valence-corrected chi connectivity index (χ4v) is 6.03. The van der Waals surface area contributed by atoms with Crippen LogP contribution in [-0.4, -0.2) is 34.8 Å². The second-order valence-corrected chi connectivity index (χ2v) is 10.8. The Balaban J connectivity index is 1.61. The first-order valence-electron chi connectivity index (χ1n) is 10.8. The van der Waals surface area contributed by atoms with Gasteiger partial charge in [-0.3, -0.25) is 4.79 Å².